The average molecular weight is 282 g/mol. The van der Waals surface area contributed by atoms with E-state index in [2.05, 4.69) is 15.9 Å². The molecule has 0 aliphatic heterocycles. The van der Waals surface area contributed by atoms with Crippen LogP contribution in [0.25, 0.3) is 0 Å². The fourth-order valence-electron chi connectivity index (χ4n) is 0.981. The first kappa shape index (κ1) is 11.8. The maximum absolute atomic E-state index is 11.8. The summed E-state index contributed by atoms with van der Waals surface area (Å²) in [6.07, 6.45) is 0.399. The summed E-state index contributed by atoms with van der Waals surface area (Å²) in [5, 5.41) is 1.33. The zero-order valence-electron chi connectivity index (χ0n) is 7.60. The van der Waals surface area contributed by atoms with E-state index in [0.717, 1.165) is 10.9 Å². The molecule has 0 heterocycles. The zero-order valence-corrected chi connectivity index (χ0v) is 9.94. The molecule has 0 aliphatic rings. The lowest BCUT2D eigenvalue weighted by Crippen LogP contribution is -1.98. The van der Waals surface area contributed by atoms with Crippen molar-refractivity contribution < 1.29 is 9.13 Å². The highest BCUT2D eigenvalue weighted by atomic mass is 79.9. The van der Waals surface area contributed by atoms with Gasteiger partial charge in [-0.25, -0.2) is 0 Å². The smallest absolute Gasteiger partial charge is 0.137 e. The van der Waals surface area contributed by atoms with Crippen molar-refractivity contribution in [3.8, 4) is 5.75 Å². The summed E-state index contributed by atoms with van der Waals surface area (Å²) in [7, 11) is 0. The van der Waals surface area contributed by atoms with Crippen LogP contribution in [0, 0.1) is 0 Å². The van der Waals surface area contributed by atoms with Gasteiger partial charge in [-0.05, 0) is 17.7 Å². The second kappa shape index (κ2) is 6.25. The molecule has 0 bridgehead atoms. The Hall–Kier alpha value is -0.280. The zero-order chi connectivity index (χ0) is 10.4. The van der Waals surface area contributed by atoms with Crippen LogP contribution < -0.4 is 4.74 Å². The van der Waals surface area contributed by atoms with E-state index in [0.29, 0.717) is 23.8 Å². The van der Waals surface area contributed by atoms with Crippen LogP contribution in [0.3, 0.4) is 0 Å². The van der Waals surface area contributed by atoms with Crippen molar-refractivity contribution in [3.05, 3.63) is 28.8 Å². The molecule has 1 aromatic rings. The van der Waals surface area contributed by atoms with Crippen molar-refractivity contribution in [1.82, 2.24) is 0 Å². The van der Waals surface area contributed by atoms with Crippen LogP contribution in [0.2, 0.25) is 5.02 Å². The van der Waals surface area contributed by atoms with Gasteiger partial charge in [0, 0.05) is 11.8 Å². The minimum atomic E-state index is -0.364. The molecule has 0 N–H and O–H groups in total. The fraction of sp³-hybridized carbons (Fsp3) is 0.400. The lowest BCUT2D eigenvalue weighted by Gasteiger charge is -2.07. The van der Waals surface area contributed by atoms with Gasteiger partial charge in [0.15, 0.2) is 0 Å². The third kappa shape index (κ3) is 3.46. The van der Waals surface area contributed by atoms with Crippen molar-refractivity contribution in [2.75, 3.05) is 13.3 Å². The van der Waals surface area contributed by atoms with Gasteiger partial charge in [-0.15, -0.1) is 0 Å². The predicted molar refractivity (Wildman–Crippen MR) is 60.2 cm³/mol. The molecule has 4 heteroatoms. The molecule has 0 atom stereocenters. The maximum Gasteiger partial charge on any atom is 0.137 e. The number of ether oxygens (including phenoxy) is 1. The molecule has 0 spiro atoms. The van der Waals surface area contributed by atoms with E-state index in [4.69, 9.17) is 16.3 Å². The topological polar surface area (TPSA) is 9.23 Å². The van der Waals surface area contributed by atoms with Crippen LogP contribution in [-0.4, -0.2) is 13.3 Å². The molecule has 0 aliphatic carbocycles. The Kier molecular flexibility index (Phi) is 5.26. The van der Waals surface area contributed by atoms with E-state index >= 15 is 0 Å². The van der Waals surface area contributed by atoms with Crippen LogP contribution in [0.4, 0.5) is 4.39 Å². The first-order valence-electron chi connectivity index (χ1n) is 4.31. The third-order valence-electron chi connectivity index (χ3n) is 1.69. The van der Waals surface area contributed by atoms with E-state index in [9.17, 15) is 4.39 Å². The number of hydrogen-bond acceptors (Lipinski definition) is 1. The SMILES string of the molecule is FCCCOc1ccc(CBr)cc1Cl. The summed E-state index contributed by atoms with van der Waals surface area (Å²) >= 11 is 9.28. The van der Waals surface area contributed by atoms with Gasteiger partial charge in [0.05, 0.1) is 18.3 Å². The highest BCUT2D eigenvalue weighted by molar-refractivity contribution is 9.08. The molecule has 1 aromatic carbocycles. The summed E-state index contributed by atoms with van der Waals surface area (Å²) in [5.74, 6) is 0.616. The molecule has 0 unspecified atom stereocenters. The minimum Gasteiger partial charge on any atom is -0.492 e. The summed E-state index contributed by atoms with van der Waals surface area (Å²) in [5.41, 5.74) is 1.09. The van der Waals surface area contributed by atoms with Gasteiger partial charge >= 0.3 is 0 Å². The minimum absolute atomic E-state index is 0.364. The first-order valence-corrected chi connectivity index (χ1v) is 5.81. The summed E-state index contributed by atoms with van der Waals surface area (Å²) in [6.45, 7) is 0.000974. The molecule has 14 heavy (non-hydrogen) atoms. The lowest BCUT2D eigenvalue weighted by molar-refractivity contribution is 0.290. The summed E-state index contributed by atoms with van der Waals surface area (Å²) in [4.78, 5) is 0. The largest absolute Gasteiger partial charge is 0.492 e. The first-order chi connectivity index (χ1) is 6.77. The highest BCUT2D eigenvalue weighted by Crippen LogP contribution is 2.26. The highest BCUT2D eigenvalue weighted by Gasteiger charge is 2.02. The van der Waals surface area contributed by atoms with Crippen molar-refractivity contribution in [1.29, 1.82) is 0 Å². The monoisotopic (exact) mass is 280 g/mol. The number of alkyl halides is 2. The second-order valence-corrected chi connectivity index (χ2v) is 3.76. The normalized spacial score (nSPS) is 10.2. The van der Waals surface area contributed by atoms with Gasteiger partial charge in [-0.3, -0.25) is 4.39 Å². The molecule has 1 rings (SSSR count). The van der Waals surface area contributed by atoms with E-state index in [-0.39, 0.29) is 6.67 Å². The average Bonchev–Trinajstić information content (AvgIpc) is 2.20. The Balaban J connectivity index is 2.59. The predicted octanol–water partition coefficient (Wildman–Crippen LogP) is 3.97. The Morgan fingerprint density at radius 2 is 2.21 bits per heavy atom. The van der Waals surface area contributed by atoms with E-state index < -0.39 is 0 Å². The fourth-order valence-corrected chi connectivity index (χ4v) is 1.59. The van der Waals surface area contributed by atoms with Crippen LogP contribution in [0.5, 0.6) is 5.75 Å². The lowest BCUT2D eigenvalue weighted by atomic mass is 10.2. The van der Waals surface area contributed by atoms with Gasteiger partial charge in [0.1, 0.15) is 5.75 Å². The van der Waals surface area contributed by atoms with Crippen LogP contribution >= 0.6 is 27.5 Å². The van der Waals surface area contributed by atoms with Crippen molar-refractivity contribution in [2.24, 2.45) is 0 Å². The Morgan fingerprint density at radius 1 is 1.43 bits per heavy atom. The van der Waals surface area contributed by atoms with E-state index in [1.807, 2.05) is 12.1 Å². The van der Waals surface area contributed by atoms with E-state index in [1.54, 1.807) is 6.07 Å². The number of benzene rings is 1. The van der Waals surface area contributed by atoms with Gasteiger partial charge in [0.25, 0.3) is 0 Å². The quantitative estimate of drug-likeness (QED) is 0.586. The number of rotatable bonds is 5. The summed E-state index contributed by atoms with van der Waals surface area (Å²) in [6, 6.07) is 5.56. The molecule has 0 radical (unpaired) electrons. The summed E-state index contributed by atoms with van der Waals surface area (Å²) < 4.78 is 17.1. The maximum atomic E-state index is 11.8. The standard InChI is InChI=1S/C10H11BrClFO/c11-7-8-2-3-10(9(12)6-8)14-5-1-4-13/h2-3,6H,1,4-5,7H2. The van der Waals surface area contributed by atoms with E-state index in [1.165, 1.54) is 0 Å². The van der Waals surface area contributed by atoms with Crippen LogP contribution in [0.1, 0.15) is 12.0 Å². The molecule has 0 amide bonds. The molecule has 0 saturated heterocycles. The molecular weight excluding hydrogens is 270 g/mol. The molecule has 0 fully saturated rings. The van der Waals surface area contributed by atoms with Gasteiger partial charge < -0.3 is 4.74 Å². The Bertz CT molecular complexity index is 293. The molecule has 78 valence electrons. The van der Waals surface area contributed by atoms with Gasteiger partial charge in [0.2, 0.25) is 0 Å². The van der Waals surface area contributed by atoms with Crippen LogP contribution in [-0.2, 0) is 5.33 Å². The second-order valence-electron chi connectivity index (χ2n) is 2.79. The Morgan fingerprint density at radius 3 is 2.79 bits per heavy atom. The van der Waals surface area contributed by atoms with Gasteiger partial charge in [-0.2, -0.15) is 0 Å². The molecule has 1 nitrogen and oxygen atoms in total. The molecule has 0 aromatic heterocycles. The van der Waals surface area contributed by atoms with Crippen LogP contribution in [0.15, 0.2) is 18.2 Å². The Labute approximate surface area is 96.3 Å². The molecule has 0 saturated carbocycles. The van der Waals surface area contributed by atoms with Crippen molar-refractivity contribution in [2.45, 2.75) is 11.8 Å². The van der Waals surface area contributed by atoms with Crippen molar-refractivity contribution >= 4 is 27.5 Å². The van der Waals surface area contributed by atoms with Crippen molar-refractivity contribution in [3.63, 3.8) is 0 Å². The molecular formula is C10H11BrClFO. The number of hydrogen-bond donors (Lipinski definition) is 0. The third-order valence-corrected chi connectivity index (χ3v) is 2.63. The number of halogens is 3. The van der Waals surface area contributed by atoms with Gasteiger partial charge in [-0.1, -0.05) is 33.6 Å².